The highest BCUT2D eigenvalue weighted by molar-refractivity contribution is 5.81. The molecule has 1 saturated heterocycles. The largest absolute Gasteiger partial charge is 0.493 e. The first kappa shape index (κ1) is 36.3. The number of benzene rings is 4. The third kappa shape index (κ3) is 9.65. The summed E-state index contributed by atoms with van der Waals surface area (Å²) in [5.74, 6) is 2.68. The van der Waals surface area contributed by atoms with E-state index >= 15 is 0 Å². The number of halogens is 1. The summed E-state index contributed by atoms with van der Waals surface area (Å²) in [6, 6.07) is 31.0. The summed E-state index contributed by atoms with van der Waals surface area (Å²) in [6.07, 6.45) is 4.15. The maximum absolute atomic E-state index is 13.2. The van der Waals surface area contributed by atoms with Gasteiger partial charge in [-0.15, -0.1) is 0 Å². The van der Waals surface area contributed by atoms with Crippen LogP contribution in [0.15, 0.2) is 109 Å². The number of piperazine rings is 1. The second kappa shape index (κ2) is 17.2. The number of hydrogen-bond acceptors (Lipinski definition) is 7. The minimum absolute atomic E-state index is 0.277. The van der Waals surface area contributed by atoms with Crippen molar-refractivity contribution >= 4 is 12.0 Å². The van der Waals surface area contributed by atoms with Gasteiger partial charge in [-0.25, -0.2) is 9.37 Å². The summed E-state index contributed by atoms with van der Waals surface area (Å²) in [5.41, 5.74) is 8.44. The fourth-order valence-corrected chi connectivity index (χ4v) is 6.38. The van der Waals surface area contributed by atoms with Crippen molar-refractivity contribution in [1.29, 1.82) is 0 Å². The summed E-state index contributed by atoms with van der Waals surface area (Å²) in [7, 11) is 0. The van der Waals surface area contributed by atoms with Crippen LogP contribution < -0.4 is 14.2 Å². The number of aldehydes is 1. The molecular weight excluding hydrogens is 653 g/mol. The maximum Gasteiger partial charge on any atom is 0.219 e. The molecule has 0 N–H and O–H groups in total. The Kier molecular flexibility index (Phi) is 12.0. The summed E-state index contributed by atoms with van der Waals surface area (Å²) in [5, 5.41) is 0. The molecule has 0 spiro atoms. The van der Waals surface area contributed by atoms with Crippen molar-refractivity contribution in [2.24, 2.45) is 0 Å². The lowest BCUT2D eigenvalue weighted by Crippen LogP contribution is -2.45. The first-order chi connectivity index (χ1) is 25.2. The number of hydrogen-bond donors (Lipinski definition) is 0. The van der Waals surface area contributed by atoms with Gasteiger partial charge in [0, 0.05) is 56.5 Å². The third-order valence-corrected chi connectivity index (χ3v) is 9.41. The molecule has 6 rings (SSSR count). The summed E-state index contributed by atoms with van der Waals surface area (Å²) in [4.78, 5) is 21.0. The van der Waals surface area contributed by atoms with Gasteiger partial charge in [0.1, 0.15) is 36.0 Å². The van der Waals surface area contributed by atoms with Gasteiger partial charge in [0.25, 0.3) is 0 Å². The van der Waals surface area contributed by atoms with Crippen molar-refractivity contribution < 1.29 is 23.4 Å². The van der Waals surface area contributed by atoms with Gasteiger partial charge in [-0.3, -0.25) is 9.69 Å². The highest BCUT2D eigenvalue weighted by Gasteiger charge is 2.21. The van der Waals surface area contributed by atoms with E-state index in [0.29, 0.717) is 30.8 Å². The van der Waals surface area contributed by atoms with Crippen LogP contribution in [0.25, 0.3) is 5.70 Å². The number of aryl methyl sites for hydroxylation is 3. The van der Waals surface area contributed by atoms with E-state index in [-0.39, 0.29) is 5.82 Å². The number of carbonyl (C=O) groups excluding carboxylic acids is 1. The molecule has 0 amide bonds. The Morgan fingerprint density at radius 2 is 1.46 bits per heavy atom. The average Bonchev–Trinajstić information content (AvgIpc) is 3.16. The zero-order valence-electron chi connectivity index (χ0n) is 30.3. The van der Waals surface area contributed by atoms with Gasteiger partial charge < -0.3 is 19.1 Å². The fraction of sp³-hybridized carbons (Fsp3) is 0.273. The van der Waals surface area contributed by atoms with Crippen LogP contribution in [-0.2, 0) is 17.9 Å². The molecule has 268 valence electrons. The molecule has 1 aliphatic rings. The molecule has 5 aromatic rings. The molecule has 1 atom stereocenters. The van der Waals surface area contributed by atoms with E-state index in [9.17, 15) is 9.18 Å². The quantitative estimate of drug-likeness (QED) is 0.0847. The van der Waals surface area contributed by atoms with Crippen molar-refractivity contribution in [3.63, 3.8) is 0 Å². The van der Waals surface area contributed by atoms with Gasteiger partial charge in [0.2, 0.25) is 5.88 Å². The predicted octanol–water partition coefficient (Wildman–Crippen LogP) is 9.06. The Hall–Kier alpha value is -5.47. The van der Waals surface area contributed by atoms with Crippen LogP contribution in [-0.4, -0.2) is 53.9 Å². The molecule has 1 aromatic heterocycles. The van der Waals surface area contributed by atoms with Crippen molar-refractivity contribution in [3.8, 4) is 23.1 Å². The lowest BCUT2D eigenvalue weighted by Gasteiger charge is -2.37. The second-order valence-corrected chi connectivity index (χ2v) is 13.5. The lowest BCUT2D eigenvalue weighted by molar-refractivity contribution is -0.104. The summed E-state index contributed by atoms with van der Waals surface area (Å²) >= 11 is 0. The predicted molar refractivity (Wildman–Crippen MR) is 203 cm³/mol. The number of carbonyl (C=O) groups is 1. The molecule has 8 heteroatoms. The molecule has 4 aromatic carbocycles. The molecule has 0 saturated carbocycles. The number of nitrogens with zero attached hydrogens (tertiary/aromatic N) is 3. The molecule has 0 radical (unpaired) electrons. The van der Waals surface area contributed by atoms with Crippen LogP contribution in [0, 0.1) is 26.6 Å². The summed E-state index contributed by atoms with van der Waals surface area (Å²) < 4.78 is 31.2. The molecule has 1 unspecified atom stereocenters. The number of rotatable bonds is 14. The minimum Gasteiger partial charge on any atom is -0.493 e. The Morgan fingerprint density at radius 3 is 2.10 bits per heavy atom. The zero-order valence-corrected chi connectivity index (χ0v) is 30.3. The van der Waals surface area contributed by atoms with Crippen LogP contribution in [0.1, 0.15) is 51.8 Å². The molecule has 2 heterocycles. The summed E-state index contributed by atoms with van der Waals surface area (Å²) in [6.45, 7) is 13.6. The van der Waals surface area contributed by atoms with Crippen molar-refractivity contribution in [1.82, 2.24) is 14.8 Å². The topological polar surface area (TPSA) is 64.1 Å². The minimum atomic E-state index is -0.277. The highest BCUT2D eigenvalue weighted by Crippen LogP contribution is 2.33. The first-order valence-electron chi connectivity index (χ1n) is 17.8. The Balaban J connectivity index is 1.01. The van der Waals surface area contributed by atoms with Gasteiger partial charge in [-0.1, -0.05) is 61.0 Å². The Morgan fingerprint density at radius 1 is 0.808 bits per heavy atom. The Labute approximate surface area is 306 Å². The van der Waals surface area contributed by atoms with E-state index in [4.69, 9.17) is 14.2 Å². The van der Waals surface area contributed by atoms with Crippen molar-refractivity contribution in [3.05, 3.63) is 154 Å². The van der Waals surface area contributed by atoms with E-state index in [1.165, 1.54) is 28.8 Å². The van der Waals surface area contributed by atoms with Gasteiger partial charge in [0.05, 0.1) is 12.8 Å². The van der Waals surface area contributed by atoms with Crippen LogP contribution in [0.2, 0.25) is 0 Å². The molecule has 1 aliphatic heterocycles. The lowest BCUT2D eigenvalue weighted by atomic mass is 10.0. The second-order valence-electron chi connectivity index (χ2n) is 13.5. The average molecular weight is 700 g/mol. The first-order valence-corrected chi connectivity index (χ1v) is 17.8. The number of ether oxygens (including phenoxy) is 3. The molecule has 0 aliphatic carbocycles. The third-order valence-electron chi connectivity index (χ3n) is 9.41. The zero-order chi connectivity index (χ0) is 36.5. The van der Waals surface area contributed by atoms with E-state index < -0.39 is 0 Å². The standard InChI is InChI=1S/C44H46FN3O4/c1-31-5-15-40(16-6-31)50-29-34(4)37-11-7-35(8-12-37)28-47-20-22-48(23-21-47)42(19-24-49)38-25-32(2)44(33(3)26-38)52-43-18-17-41(27-46-43)51-30-36-9-13-39(45)14-10-36/h5-19,24-27,34H,20-23,28-30H2,1-4H3/b42-19+. The van der Waals surface area contributed by atoms with Gasteiger partial charge in [-0.05, 0) is 96.6 Å². The van der Waals surface area contributed by atoms with E-state index in [0.717, 1.165) is 78.5 Å². The van der Waals surface area contributed by atoms with Gasteiger partial charge in [0.15, 0.2) is 0 Å². The Bertz CT molecular complexity index is 1930. The van der Waals surface area contributed by atoms with Gasteiger partial charge in [-0.2, -0.15) is 0 Å². The van der Waals surface area contributed by atoms with Crippen LogP contribution in [0.3, 0.4) is 0 Å². The molecule has 7 nitrogen and oxygen atoms in total. The molecular formula is C44H46FN3O4. The normalized spacial score (nSPS) is 14.2. The molecule has 1 fully saturated rings. The number of aromatic nitrogens is 1. The van der Waals surface area contributed by atoms with E-state index in [2.05, 4.69) is 77.2 Å². The number of pyridine rings is 1. The monoisotopic (exact) mass is 699 g/mol. The molecule has 52 heavy (non-hydrogen) atoms. The smallest absolute Gasteiger partial charge is 0.219 e. The van der Waals surface area contributed by atoms with Crippen LogP contribution in [0.4, 0.5) is 4.39 Å². The van der Waals surface area contributed by atoms with Gasteiger partial charge >= 0.3 is 0 Å². The van der Waals surface area contributed by atoms with Crippen LogP contribution >= 0.6 is 0 Å². The van der Waals surface area contributed by atoms with Crippen LogP contribution in [0.5, 0.6) is 23.1 Å². The maximum atomic E-state index is 13.2. The number of allylic oxidation sites excluding steroid dienone is 1. The molecule has 0 bridgehead atoms. The van der Waals surface area contributed by atoms with Crippen molar-refractivity contribution in [2.75, 3.05) is 32.8 Å². The highest BCUT2D eigenvalue weighted by atomic mass is 19.1. The SMILES string of the molecule is Cc1ccc(OCC(C)c2ccc(CN3CCN(/C(=C/C=O)c4cc(C)c(Oc5ccc(OCc6ccc(F)cc6)cn5)c(C)c4)CC3)cc2)cc1. The van der Waals surface area contributed by atoms with E-state index in [1.54, 1.807) is 36.5 Å². The van der Waals surface area contributed by atoms with Crippen molar-refractivity contribution in [2.45, 2.75) is 46.8 Å². The fourth-order valence-electron chi connectivity index (χ4n) is 6.38. The van der Waals surface area contributed by atoms with E-state index in [1.807, 2.05) is 26.0 Å².